The van der Waals surface area contributed by atoms with Crippen molar-refractivity contribution in [1.29, 1.82) is 5.26 Å². The summed E-state index contributed by atoms with van der Waals surface area (Å²) in [4.78, 5) is 0. The van der Waals surface area contributed by atoms with E-state index in [9.17, 15) is 4.39 Å². The van der Waals surface area contributed by atoms with Crippen LogP contribution in [0.1, 0.15) is 0 Å². The summed E-state index contributed by atoms with van der Waals surface area (Å²) in [5.41, 5.74) is 0.467. The van der Waals surface area contributed by atoms with E-state index in [0.29, 0.717) is 5.69 Å². The monoisotopic (exact) mass is 151 g/mol. The number of anilines is 1. The van der Waals surface area contributed by atoms with E-state index in [1.807, 2.05) is 0 Å². The van der Waals surface area contributed by atoms with E-state index in [4.69, 9.17) is 11.1 Å². The Labute approximate surface area is 63.4 Å². The predicted octanol–water partition coefficient (Wildman–Crippen LogP) is 0.987. The minimum absolute atomic E-state index is 0.347. The van der Waals surface area contributed by atoms with E-state index in [1.165, 1.54) is 24.3 Å². The molecule has 0 unspecified atom stereocenters. The van der Waals surface area contributed by atoms with Gasteiger partial charge in [0.25, 0.3) is 0 Å². The smallest absolute Gasteiger partial charge is 0.200 e. The second-order valence-corrected chi connectivity index (χ2v) is 1.95. The zero-order chi connectivity index (χ0) is 8.27. The summed E-state index contributed by atoms with van der Waals surface area (Å²) in [6, 6.07) is 5.34. The summed E-state index contributed by atoms with van der Waals surface area (Å²) in [5, 5.41) is 9.18. The minimum atomic E-state index is -0.347. The van der Waals surface area contributed by atoms with Crippen molar-refractivity contribution in [2.45, 2.75) is 0 Å². The van der Waals surface area contributed by atoms with Gasteiger partial charge in [0.2, 0.25) is 0 Å². The molecule has 0 fully saturated rings. The second kappa shape index (κ2) is 2.99. The second-order valence-electron chi connectivity index (χ2n) is 1.95. The zero-order valence-corrected chi connectivity index (χ0v) is 5.66. The molecule has 11 heavy (non-hydrogen) atoms. The van der Waals surface area contributed by atoms with E-state index in [0.717, 1.165) is 5.01 Å². The Morgan fingerprint density at radius 2 is 1.91 bits per heavy atom. The molecular weight excluding hydrogens is 145 g/mol. The Morgan fingerprint density at radius 1 is 1.36 bits per heavy atom. The SMILES string of the molecule is N#CN(N)c1ccc(F)cc1. The van der Waals surface area contributed by atoms with Crippen molar-refractivity contribution in [3.05, 3.63) is 30.1 Å². The summed E-state index contributed by atoms with van der Waals surface area (Å²) in [5.74, 6) is 4.85. The maximum Gasteiger partial charge on any atom is 0.200 e. The molecule has 4 heteroatoms. The van der Waals surface area contributed by atoms with Crippen LogP contribution in [0, 0.1) is 17.3 Å². The summed E-state index contributed by atoms with van der Waals surface area (Å²) >= 11 is 0. The average Bonchev–Trinajstić information content (AvgIpc) is 2.05. The fourth-order valence-electron chi connectivity index (χ4n) is 0.659. The van der Waals surface area contributed by atoms with Crippen LogP contribution >= 0.6 is 0 Å². The topological polar surface area (TPSA) is 53.0 Å². The van der Waals surface area contributed by atoms with Crippen molar-refractivity contribution in [3.63, 3.8) is 0 Å². The Bertz CT molecular complexity index is 275. The molecule has 56 valence electrons. The van der Waals surface area contributed by atoms with E-state index in [-0.39, 0.29) is 5.82 Å². The number of hydrazine groups is 1. The first-order valence-electron chi connectivity index (χ1n) is 2.94. The molecule has 0 saturated heterocycles. The third-order valence-electron chi connectivity index (χ3n) is 1.21. The van der Waals surface area contributed by atoms with Crippen LogP contribution in [0.3, 0.4) is 0 Å². The molecule has 1 aromatic carbocycles. The van der Waals surface area contributed by atoms with E-state index in [2.05, 4.69) is 0 Å². The summed E-state index contributed by atoms with van der Waals surface area (Å²) < 4.78 is 12.3. The lowest BCUT2D eigenvalue weighted by atomic mass is 10.3. The van der Waals surface area contributed by atoms with Crippen molar-refractivity contribution >= 4 is 5.69 Å². The molecule has 1 aromatic rings. The lowest BCUT2D eigenvalue weighted by molar-refractivity contribution is 0.628. The van der Waals surface area contributed by atoms with Gasteiger partial charge in [-0.05, 0) is 24.3 Å². The van der Waals surface area contributed by atoms with E-state index >= 15 is 0 Å². The highest BCUT2D eigenvalue weighted by atomic mass is 19.1. The summed E-state index contributed by atoms with van der Waals surface area (Å²) in [6.45, 7) is 0. The Hall–Kier alpha value is -1.60. The number of hydrogen-bond donors (Lipinski definition) is 1. The number of nitrogens with zero attached hydrogens (tertiary/aromatic N) is 2. The number of nitrogens with two attached hydrogens (primary N) is 1. The standard InChI is InChI=1S/C7H6FN3/c8-6-1-3-7(4-2-6)11(10)5-9/h1-4H,10H2. The molecule has 2 N–H and O–H groups in total. The largest absolute Gasteiger partial charge is 0.234 e. The molecule has 1 rings (SSSR count). The molecule has 0 aromatic heterocycles. The summed E-state index contributed by atoms with van der Waals surface area (Å²) in [6.07, 6.45) is 1.69. The lowest BCUT2D eigenvalue weighted by Crippen LogP contribution is -2.24. The van der Waals surface area contributed by atoms with Crippen LogP contribution < -0.4 is 10.9 Å². The van der Waals surface area contributed by atoms with Gasteiger partial charge in [0.1, 0.15) is 5.82 Å². The van der Waals surface area contributed by atoms with E-state index in [1.54, 1.807) is 6.19 Å². The Morgan fingerprint density at radius 3 is 2.36 bits per heavy atom. The highest BCUT2D eigenvalue weighted by molar-refractivity contribution is 5.47. The van der Waals surface area contributed by atoms with Crippen molar-refractivity contribution < 1.29 is 4.39 Å². The lowest BCUT2D eigenvalue weighted by Gasteiger charge is -2.06. The molecule has 0 amide bonds. The Kier molecular flexibility index (Phi) is 2.04. The van der Waals surface area contributed by atoms with E-state index < -0.39 is 0 Å². The van der Waals surface area contributed by atoms with Gasteiger partial charge in [-0.3, -0.25) is 0 Å². The van der Waals surface area contributed by atoms with Crippen molar-refractivity contribution in [2.24, 2.45) is 5.84 Å². The van der Waals surface area contributed by atoms with Gasteiger partial charge in [0.15, 0.2) is 6.19 Å². The van der Waals surface area contributed by atoms with Gasteiger partial charge in [-0.1, -0.05) is 0 Å². The van der Waals surface area contributed by atoms with Crippen LogP contribution in [0.15, 0.2) is 24.3 Å². The van der Waals surface area contributed by atoms with Gasteiger partial charge in [-0.15, -0.1) is 0 Å². The third-order valence-corrected chi connectivity index (χ3v) is 1.21. The number of hydrogen-bond acceptors (Lipinski definition) is 3. The van der Waals surface area contributed by atoms with Crippen LogP contribution in [0.4, 0.5) is 10.1 Å². The molecule has 0 radical (unpaired) electrons. The van der Waals surface area contributed by atoms with Crippen molar-refractivity contribution in [3.8, 4) is 6.19 Å². The quantitative estimate of drug-likeness (QED) is 0.282. The van der Waals surface area contributed by atoms with Gasteiger partial charge in [-0.25, -0.2) is 15.2 Å². The fourth-order valence-corrected chi connectivity index (χ4v) is 0.659. The van der Waals surface area contributed by atoms with Crippen LogP contribution in [0.25, 0.3) is 0 Å². The molecule has 0 heterocycles. The maximum absolute atomic E-state index is 12.3. The number of nitriles is 1. The maximum atomic E-state index is 12.3. The molecular formula is C7H6FN3. The first-order valence-corrected chi connectivity index (χ1v) is 2.94. The summed E-state index contributed by atoms with van der Waals surface area (Å²) in [7, 11) is 0. The average molecular weight is 151 g/mol. The molecule has 3 nitrogen and oxygen atoms in total. The number of halogens is 1. The molecule has 0 aliphatic rings. The molecule has 0 aliphatic carbocycles. The Balaban J connectivity index is 2.92. The van der Waals surface area contributed by atoms with Gasteiger partial charge >= 0.3 is 0 Å². The fraction of sp³-hybridized carbons (Fsp3) is 0. The zero-order valence-electron chi connectivity index (χ0n) is 5.66. The first kappa shape index (κ1) is 7.51. The predicted molar refractivity (Wildman–Crippen MR) is 38.7 cm³/mol. The van der Waals surface area contributed by atoms with Crippen molar-refractivity contribution in [2.75, 3.05) is 5.01 Å². The molecule has 0 saturated carbocycles. The van der Waals surface area contributed by atoms with Gasteiger partial charge in [0.05, 0.1) is 5.69 Å². The highest BCUT2D eigenvalue weighted by Gasteiger charge is 1.97. The molecule has 0 aliphatic heterocycles. The van der Waals surface area contributed by atoms with Crippen LogP contribution in [-0.4, -0.2) is 0 Å². The van der Waals surface area contributed by atoms with Gasteiger partial charge in [0, 0.05) is 0 Å². The highest BCUT2D eigenvalue weighted by Crippen LogP contribution is 2.09. The first-order chi connectivity index (χ1) is 5.24. The molecule has 0 bridgehead atoms. The normalized spacial score (nSPS) is 8.82. The van der Waals surface area contributed by atoms with Gasteiger partial charge < -0.3 is 0 Å². The van der Waals surface area contributed by atoms with Crippen LogP contribution in [0.2, 0.25) is 0 Å². The minimum Gasteiger partial charge on any atom is -0.234 e. The third kappa shape index (κ3) is 1.66. The number of benzene rings is 1. The molecule has 0 spiro atoms. The van der Waals surface area contributed by atoms with Gasteiger partial charge in [-0.2, -0.15) is 5.26 Å². The molecule has 0 atom stereocenters. The van der Waals surface area contributed by atoms with Crippen LogP contribution in [0.5, 0.6) is 0 Å². The van der Waals surface area contributed by atoms with Crippen molar-refractivity contribution in [1.82, 2.24) is 0 Å². The van der Waals surface area contributed by atoms with Crippen LogP contribution in [-0.2, 0) is 0 Å². The number of rotatable bonds is 1.